The Labute approximate surface area is 163 Å². The number of halogens is 2. The van der Waals surface area contributed by atoms with Gasteiger partial charge in [0.2, 0.25) is 0 Å². The van der Waals surface area contributed by atoms with E-state index < -0.39 is 0 Å². The van der Waals surface area contributed by atoms with Crippen molar-refractivity contribution in [1.29, 1.82) is 0 Å². The van der Waals surface area contributed by atoms with Crippen LogP contribution in [0.4, 0.5) is 5.69 Å². The van der Waals surface area contributed by atoms with Crippen LogP contribution >= 0.6 is 47.2 Å². The maximum atomic E-state index is 6.20. The lowest BCUT2D eigenvalue weighted by atomic mass is 10.2. The highest BCUT2D eigenvalue weighted by Crippen LogP contribution is 2.23. The van der Waals surface area contributed by atoms with Crippen LogP contribution in [0.15, 0.2) is 47.4 Å². The molecule has 2 aromatic rings. The van der Waals surface area contributed by atoms with Crippen molar-refractivity contribution in [3.8, 4) is 0 Å². The lowest BCUT2D eigenvalue weighted by molar-refractivity contribution is 0.637. The molecule has 0 aliphatic carbocycles. The van der Waals surface area contributed by atoms with Crippen molar-refractivity contribution < 1.29 is 0 Å². The fraction of sp³-hybridized carbons (Fsp3) is 0.278. The topological polar surface area (TPSA) is 24.1 Å². The SMILES string of the molecule is Cc1ccc(NC(=S)NC[C@@H](C)CSc2ccc(Cl)cc2)c(Cl)c1. The number of hydrogen-bond acceptors (Lipinski definition) is 2. The predicted molar refractivity (Wildman–Crippen MR) is 112 cm³/mol. The van der Waals surface area contributed by atoms with E-state index in [-0.39, 0.29) is 0 Å². The van der Waals surface area contributed by atoms with E-state index in [1.165, 1.54) is 4.90 Å². The molecule has 0 saturated carbocycles. The number of thiocarbonyl (C=S) groups is 1. The van der Waals surface area contributed by atoms with Gasteiger partial charge in [0.1, 0.15) is 0 Å². The maximum Gasteiger partial charge on any atom is 0.170 e. The Morgan fingerprint density at radius 1 is 1.17 bits per heavy atom. The summed E-state index contributed by atoms with van der Waals surface area (Å²) in [5.41, 5.74) is 1.94. The van der Waals surface area contributed by atoms with Gasteiger partial charge in [-0.15, -0.1) is 11.8 Å². The van der Waals surface area contributed by atoms with Gasteiger partial charge in [-0.25, -0.2) is 0 Å². The molecule has 0 aliphatic rings. The summed E-state index contributed by atoms with van der Waals surface area (Å²) in [4.78, 5) is 1.22. The van der Waals surface area contributed by atoms with Crippen LogP contribution < -0.4 is 10.6 Å². The zero-order valence-electron chi connectivity index (χ0n) is 13.6. The summed E-state index contributed by atoms with van der Waals surface area (Å²) in [7, 11) is 0. The molecule has 0 spiro atoms. The second kappa shape index (κ2) is 9.52. The normalized spacial score (nSPS) is 11.8. The Bertz CT molecular complexity index is 690. The van der Waals surface area contributed by atoms with E-state index in [0.29, 0.717) is 16.1 Å². The van der Waals surface area contributed by atoms with Crippen LogP contribution in [0.3, 0.4) is 0 Å². The predicted octanol–water partition coefficient (Wildman–Crippen LogP) is 6.02. The van der Waals surface area contributed by atoms with Crippen LogP contribution in [0, 0.1) is 12.8 Å². The average molecular weight is 399 g/mol. The summed E-state index contributed by atoms with van der Waals surface area (Å²) in [5.74, 6) is 1.47. The fourth-order valence-electron chi connectivity index (χ4n) is 1.98. The Balaban J connectivity index is 1.73. The molecule has 0 aromatic heterocycles. The summed E-state index contributed by atoms with van der Waals surface area (Å²) in [5, 5.41) is 8.41. The standard InChI is InChI=1S/C18H20Cl2N2S2/c1-12-3-8-17(16(20)9-12)22-18(23)21-10-13(2)11-24-15-6-4-14(19)5-7-15/h3-9,13H,10-11H2,1-2H3,(H2,21,22,23)/t13-/m1/s1. The molecule has 2 nitrogen and oxygen atoms in total. The average Bonchev–Trinajstić information content (AvgIpc) is 2.55. The van der Waals surface area contributed by atoms with Crippen LogP contribution in [0.25, 0.3) is 0 Å². The van der Waals surface area contributed by atoms with Crippen molar-refractivity contribution in [2.45, 2.75) is 18.7 Å². The van der Waals surface area contributed by atoms with Crippen LogP contribution in [0.2, 0.25) is 10.0 Å². The van der Waals surface area contributed by atoms with E-state index >= 15 is 0 Å². The molecule has 128 valence electrons. The van der Waals surface area contributed by atoms with Gasteiger partial charge in [0.15, 0.2) is 5.11 Å². The van der Waals surface area contributed by atoms with Gasteiger partial charge in [-0.05, 0) is 67.0 Å². The third-order valence-electron chi connectivity index (χ3n) is 3.33. The molecular formula is C18H20Cl2N2S2. The zero-order valence-corrected chi connectivity index (χ0v) is 16.8. The Kier molecular flexibility index (Phi) is 7.69. The number of nitrogens with one attached hydrogen (secondary N) is 2. The van der Waals surface area contributed by atoms with Gasteiger partial charge in [0.25, 0.3) is 0 Å². The van der Waals surface area contributed by atoms with Crippen molar-refractivity contribution in [1.82, 2.24) is 5.32 Å². The van der Waals surface area contributed by atoms with Gasteiger partial charge in [-0.3, -0.25) is 0 Å². The number of aryl methyl sites for hydroxylation is 1. The molecular weight excluding hydrogens is 379 g/mol. The van der Waals surface area contributed by atoms with E-state index in [4.69, 9.17) is 35.4 Å². The molecule has 0 heterocycles. The maximum absolute atomic E-state index is 6.20. The highest BCUT2D eigenvalue weighted by molar-refractivity contribution is 7.99. The number of benzene rings is 2. The van der Waals surface area contributed by atoms with E-state index in [9.17, 15) is 0 Å². The summed E-state index contributed by atoms with van der Waals surface area (Å²) >= 11 is 19.2. The summed E-state index contributed by atoms with van der Waals surface area (Å²) in [6.45, 7) is 5.00. The number of hydrogen-bond donors (Lipinski definition) is 2. The highest BCUT2D eigenvalue weighted by atomic mass is 35.5. The van der Waals surface area contributed by atoms with E-state index in [1.54, 1.807) is 0 Å². The Hall–Kier alpha value is -0.940. The minimum Gasteiger partial charge on any atom is -0.362 e. The van der Waals surface area contributed by atoms with Crippen molar-refractivity contribution >= 4 is 58.0 Å². The summed E-state index contributed by atoms with van der Waals surface area (Å²) in [6, 6.07) is 13.8. The van der Waals surface area contributed by atoms with E-state index in [1.807, 2.05) is 61.2 Å². The fourth-order valence-corrected chi connectivity index (χ4v) is 3.51. The first-order chi connectivity index (χ1) is 11.4. The first-order valence-corrected chi connectivity index (χ1v) is 9.78. The molecule has 6 heteroatoms. The van der Waals surface area contributed by atoms with Gasteiger partial charge in [0.05, 0.1) is 10.7 Å². The monoisotopic (exact) mass is 398 g/mol. The molecule has 1 atom stereocenters. The lowest BCUT2D eigenvalue weighted by Gasteiger charge is -2.16. The van der Waals surface area contributed by atoms with Crippen molar-refractivity contribution in [2.24, 2.45) is 5.92 Å². The molecule has 0 saturated heterocycles. The first-order valence-electron chi connectivity index (χ1n) is 7.63. The molecule has 0 fully saturated rings. The van der Waals surface area contributed by atoms with Crippen molar-refractivity contribution in [2.75, 3.05) is 17.6 Å². The van der Waals surface area contributed by atoms with Crippen LogP contribution in [0.5, 0.6) is 0 Å². The largest absolute Gasteiger partial charge is 0.362 e. The quantitative estimate of drug-likeness (QED) is 0.458. The molecule has 0 aliphatic heterocycles. The van der Waals surface area contributed by atoms with Gasteiger partial charge >= 0.3 is 0 Å². The molecule has 0 radical (unpaired) electrons. The molecule has 0 unspecified atom stereocenters. The van der Waals surface area contributed by atoms with E-state index in [0.717, 1.165) is 28.6 Å². The smallest absolute Gasteiger partial charge is 0.170 e. The minimum absolute atomic E-state index is 0.471. The molecule has 2 aromatic carbocycles. The molecule has 0 bridgehead atoms. The second-order valence-corrected chi connectivity index (χ2v) is 8.03. The molecule has 24 heavy (non-hydrogen) atoms. The van der Waals surface area contributed by atoms with Gasteiger partial charge in [-0.1, -0.05) is 36.2 Å². The second-order valence-electron chi connectivity index (χ2n) is 5.69. The van der Waals surface area contributed by atoms with E-state index in [2.05, 4.69) is 17.6 Å². The van der Waals surface area contributed by atoms with Crippen LogP contribution in [0.1, 0.15) is 12.5 Å². The summed E-state index contributed by atoms with van der Waals surface area (Å²) in [6.07, 6.45) is 0. The van der Waals surface area contributed by atoms with Crippen LogP contribution in [-0.2, 0) is 0 Å². The molecule has 0 amide bonds. The minimum atomic E-state index is 0.471. The van der Waals surface area contributed by atoms with Crippen LogP contribution in [-0.4, -0.2) is 17.4 Å². The number of thioether (sulfide) groups is 1. The highest BCUT2D eigenvalue weighted by Gasteiger charge is 2.06. The van der Waals surface area contributed by atoms with Crippen molar-refractivity contribution in [3.05, 3.63) is 58.1 Å². The Morgan fingerprint density at radius 3 is 2.54 bits per heavy atom. The third-order valence-corrected chi connectivity index (χ3v) is 5.48. The zero-order chi connectivity index (χ0) is 17.5. The van der Waals surface area contributed by atoms with Gasteiger partial charge in [-0.2, -0.15) is 0 Å². The molecule has 2 N–H and O–H groups in total. The number of anilines is 1. The first kappa shape index (κ1) is 19.4. The third kappa shape index (κ3) is 6.52. The Morgan fingerprint density at radius 2 is 1.88 bits per heavy atom. The summed E-state index contributed by atoms with van der Waals surface area (Å²) < 4.78 is 0. The lowest BCUT2D eigenvalue weighted by Crippen LogP contribution is -2.32. The van der Waals surface area contributed by atoms with Gasteiger partial charge in [0, 0.05) is 22.2 Å². The van der Waals surface area contributed by atoms with Gasteiger partial charge < -0.3 is 10.6 Å². The number of rotatable bonds is 6. The molecule has 2 rings (SSSR count). The van der Waals surface area contributed by atoms with Crippen molar-refractivity contribution in [3.63, 3.8) is 0 Å².